The maximum absolute atomic E-state index is 14.4. The Balaban J connectivity index is 1.08. The quantitative estimate of drug-likeness (QED) is 0.124. The number of ketones is 3. The molecule has 0 aromatic heterocycles. The molecule has 0 bridgehead atoms. The number of hydrogen-bond acceptors (Lipinski definition) is 4. The number of ether oxygens (including phenoxy) is 1. The van der Waals surface area contributed by atoms with Gasteiger partial charge >= 0.3 is 0 Å². The first-order valence-corrected chi connectivity index (χ1v) is 18.2. The summed E-state index contributed by atoms with van der Waals surface area (Å²) in [4.78, 5) is 40.6. The van der Waals surface area contributed by atoms with E-state index in [-0.39, 0.29) is 17.3 Å². The fourth-order valence-corrected chi connectivity index (χ4v) is 6.63. The molecule has 0 unspecified atom stereocenters. The fourth-order valence-electron chi connectivity index (χ4n) is 6.63. The average molecular weight is 747 g/mol. The van der Waals surface area contributed by atoms with Gasteiger partial charge in [0.25, 0.3) is 0 Å². The van der Waals surface area contributed by atoms with Gasteiger partial charge in [0.05, 0.1) is 0 Å². The lowest BCUT2D eigenvalue weighted by atomic mass is 9.89. The summed E-state index contributed by atoms with van der Waals surface area (Å²) in [5.74, 6) is -0.303. The molecule has 57 heavy (non-hydrogen) atoms. The Kier molecular flexibility index (Phi) is 10.2. The van der Waals surface area contributed by atoms with E-state index in [0.717, 1.165) is 27.8 Å². The zero-order valence-corrected chi connectivity index (χ0v) is 30.4. The highest BCUT2D eigenvalue weighted by Gasteiger charge is 2.19. The highest BCUT2D eigenvalue weighted by Crippen LogP contribution is 2.33. The van der Waals surface area contributed by atoms with Crippen LogP contribution in [-0.4, -0.2) is 17.3 Å². The molecule has 0 aliphatic carbocycles. The second-order valence-electron chi connectivity index (χ2n) is 13.4. The van der Waals surface area contributed by atoms with Gasteiger partial charge in [-0.05, 0) is 124 Å². The molecule has 0 N–H and O–H groups in total. The summed E-state index contributed by atoms with van der Waals surface area (Å²) in [6, 6.07) is 55.3. The lowest BCUT2D eigenvalue weighted by molar-refractivity contribution is 0.103. The number of benzene rings is 8. The van der Waals surface area contributed by atoms with Crippen LogP contribution < -0.4 is 4.74 Å². The van der Waals surface area contributed by atoms with Crippen LogP contribution in [0.25, 0.3) is 33.4 Å². The van der Waals surface area contributed by atoms with Gasteiger partial charge in [-0.3, -0.25) is 14.4 Å². The molecule has 0 amide bonds. The Morgan fingerprint density at radius 3 is 1.19 bits per heavy atom. The molecule has 0 aliphatic heterocycles. The van der Waals surface area contributed by atoms with Gasteiger partial charge in [0, 0.05) is 33.4 Å². The van der Waals surface area contributed by atoms with Crippen molar-refractivity contribution >= 4 is 17.3 Å². The second-order valence-corrected chi connectivity index (χ2v) is 13.4. The van der Waals surface area contributed by atoms with E-state index in [1.165, 1.54) is 48.5 Å². The Labute approximate surface area is 328 Å². The van der Waals surface area contributed by atoms with E-state index < -0.39 is 11.6 Å². The van der Waals surface area contributed by atoms with Gasteiger partial charge < -0.3 is 4.74 Å². The zero-order chi connectivity index (χ0) is 39.3. The van der Waals surface area contributed by atoms with Gasteiger partial charge in [-0.25, -0.2) is 8.78 Å². The molecule has 0 aliphatic rings. The van der Waals surface area contributed by atoms with Crippen LogP contribution >= 0.6 is 0 Å². The van der Waals surface area contributed by atoms with Crippen LogP contribution in [-0.2, 0) is 0 Å². The Hall–Kier alpha value is -7.57. The summed E-state index contributed by atoms with van der Waals surface area (Å²) >= 11 is 0. The SMILES string of the molecule is O=C(c1ccc(F)cc1)c1ccc(-c2ccc(-c3ccc(C(=O)c4ccc(F)cc4)cc3)c(C(=O)c3ccc(Oc4ccc(-c5ccccc5)cc4)cc3)c2)cc1. The van der Waals surface area contributed by atoms with Gasteiger partial charge in [0.2, 0.25) is 0 Å². The normalized spacial score (nSPS) is 10.8. The third kappa shape index (κ3) is 8.11. The first kappa shape index (κ1) is 36.4. The molecule has 6 heteroatoms. The first-order valence-electron chi connectivity index (χ1n) is 18.2. The predicted molar refractivity (Wildman–Crippen MR) is 219 cm³/mol. The van der Waals surface area contributed by atoms with E-state index in [2.05, 4.69) is 12.1 Å². The summed E-state index contributed by atoms with van der Waals surface area (Å²) < 4.78 is 33.0. The molecule has 0 atom stereocenters. The van der Waals surface area contributed by atoms with Crippen LogP contribution in [0.3, 0.4) is 0 Å². The van der Waals surface area contributed by atoms with Gasteiger partial charge in [-0.1, -0.05) is 103 Å². The molecule has 0 saturated carbocycles. The predicted octanol–water partition coefficient (Wildman–Crippen LogP) is 12.5. The Bertz CT molecular complexity index is 2710. The van der Waals surface area contributed by atoms with Gasteiger partial charge in [-0.2, -0.15) is 0 Å². The average Bonchev–Trinajstić information content (AvgIpc) is 3.27. The van der Waals surface area contributed by atoms with Gasteiger partial charge in [-0.15, -0.1) is 0 Å². The zero-order valence-electron chi connectivity index (χ0n) is 30.4. The molecule has 0 radical (unpaired) electrons. The van der Waals surface area contributed by atoms with Crippen molar-refractivity contribution in [2.24, 2.45) is 0 Å². The van der Waals surface area contributed by atoms with Crippen LogP contribution in [0.4, 0.5) is 8.78 Å². The van der Waals surface area contributed by atoms with Crippen molar-refractivity contribution in [3.8, 4) is 44.9 Å². The van der Waals surface area contributed by atoms with Gasteiger partial charge in [0.1, 0.15) is 23.1 Å². The van der Waals surface area contributed by atoms with E-state index in [0.29, 0.717) is 50.4 Å². The van der Waals surface area contributed by atoms with Crippen molar-refractivity contribution < 1.29 is 27.9 Å². The molecule has 8 rings (SSSR count). The third-order valence-electron chi connectivity index (χ3n) is 9.73. The first-order chi connectivity index (χ1) is 27.8. The number of hydrogen-bond donors (Lipinski definition) is 0. The third-order valence-corrected chi connectivity index (χ3v) is 9.73. The van der Waals surface area contributed by atoms with Crippen LogP contribution in [0.1, 0.15) is 47.8 Å². The maximum atomic E-state index is 14.4. The van der Waals surface area contributed by atoms with Crippen LogP contribution in [0, 0.1) is 11.6 Å². The van der Waals surface area contributed by atoms with Crippen molar-refractivity contribution in [3.05, 3.63) is 239 Å². The van der Waals surface area contributed by atoms with Crippen LogP contribution in [0.2, 0.25) is 0 Å². The minimum Gasteiger partial charge on any atom is -0.457 e. The summed E-state index contributed by atoms with van der Waals surface area (Å²) in [6.07, 6.45) is 0. The summed E-state index contributed by atoms with van der Waals surface area (Å²) in [6.45, 7) is 0. The number of carbonyl (C=O) groups is 3. The highest BCUT2D eigenvalue weighted by molar-refractivity contribution is 6.14. The Morgan fingerprint density at radius 2 is 0.684 bits per heavy atom. The van der Waals surface area contributed by atoms with Crippen molar-refractivity contribution in [2.75, 3.05) is 0 Å². The Morgan fingerprint density at radius 1 is 0.333 bits per heavy atom. The highest BCUT2D eigenvalue weighted by atomic mass is 19.1. The smallest absolute Gasteiger partial charge is 0.193 e. The molecule has 0 saturated heterocycles. The number of carbonyl (C=O) groups excluding carboxylic acids is 3. The minimum absolute atomic E-state index is 0.222. The molecule has 0 spiro atoms. The lowest BCUT2D eigenvalue weighted by Crippen LogP contribution is -2.05. The molecule has 0 fully saturated rings. The fraction of sp³-hybridized carbons (Fsp3) is 0. The molecule has 274 valence electrons. The second kappa shape index (κ2) is 16.0. The molecular formula is C51H32F2O4. The van der Waals surface area contributed by atoms with E-state index in [4.69, 9.17) is 4.74 Å². The summed E-state index contributed by atoms with van der Waals surface area (Å²) in [5, 5.41) is 0. The maximum Gasteiger partial charge on any atom is 0.193 e. The lowest BCUT2D eigenvalue weighted by Gasteiger charge is -2.14. The van der Waals surface area contributed by atoms with Crippen molar-refractivity contribution in [1.82, 2.24) is 0 Å². The molecule has 8 aromatic rings. The number of rotatable bonds is 11. The van der Waals surface area contributed by atoms with E-state index in [1.807, 2.05) is 72.8 Å². The monoisotopic (exact) mass is 746 g/mol. The largest absolute Gasteiger partial charge is 0.457 e. The minimum atomic E-state index is -0.423. The molecule has 0 heterocycles. The van der Waals surface area contributed by atoms with Crippen molar-refractivity contribution in [3.63, 3.8) is 0 Å². The summed E-state index contributed by atoms with van der Waals surface area (Å²) in [7, 11) is 0. The number of halogens is 2. The topological polar surface area (TPSA) is 60.4 Å². The molecular weight excluding hydrogens is 715 g/mol. The molecule has 8 aromatic carbocycles. The van der Waals surface area contributed by atoms with E-state index >= 15 is 0 Å². The molecule has 4 nitrogen and oxygen atoms in total. The van der Waals surface area contributed by atoms with Crippen LogP contribution in [0.15, 0.2) is 194 Å². The van der Waals surface area contributed by atoms with E-state index in [9.17, 15) is 23.2 Å². The van der Waals surface area contributed by atoms with E-state index in [1.54, 1.807) is 60.7 Å². The van der Waals surface area contributed by atoms with Gasteiger partial charge in [0.15, 0.2) is 17.3 Å². The standard InChI is InChI=1S/C51H32F2O4/c52-43-23-14-39(15-24-43)49(54)37-10-6-35(7-11-37)42-22-31-47(36-8-12-38(13-9-36)50(55)40-16-25-44(53)26-17-40)48(32-42)51(56)41-20-29-46(30-21-41)57-45-27-18-34(19-28-45)33-4-2-1-3-5-33/h1-32H. The van der Waals surface area contributed by atoms with Crippen LogP contribution in [0.5, 0.6) is 11.5 Å². The van der Waals surface area contributed by atoms with Crippen molar-refractivity contribution in [1.29, 1.82) is 0 Å². The summed E-state index contributed by atoms with van der Waals surface area (Å²) in [5.41, 5.74) is 7.60. The van der Waals surface area contributed by atoms with Crippen molar-refractivity contribution in [2.45, 2.75) is 0 Å².